The monoisotopic (exact) mass is 408 g/mol. The fourth-order valence-corrected chi connectivity index (χ4v) is 6.73. The smallest absolute Gasteiger partial charge is 0.273 e. The van der Waals surface area contributed by atoms with Crippen molar-refractivity contribution < 1.29 is 9.72 Å². The van der Waals surface area contributed by atoms with E-state index in [1.807, 2.05) is 18.7 Å². The molecule has 2 heterocycles. The predicted molar refractivity (Wildman–Crippen MR) is 110 cm³/mol. The molecule has 0 unspecified atom stereocenters. The first-order valence-corrected chi connectivity index (χ1v) is 11.0. The molecule has 1 aliphatic heterocycles. The van der Waals surface area contributed by atoms with Crippen LogP contribution in [-0.4, -0.2) is 10.8 Å². The molecule has 0 saturated carbocycles. The topological polar surface area (TPSA) is 63.5 Å². The van der Waals surface area contributed by atoms with E-state index in [0.717, 1.165) is 32.8 Å². The highest BCUT2D eigenvalue weighted by Crippen LogP contribution is 2.53. The van der Waals surface area contributed by atoms with Crippen LogP contribution in [0.25, 0.3) is 11.1 Å². The van der Waals surface area contributed by atoms with Gasteiger partial charge in [-0.1, -0.05) is 46.2 Å². The highest BCUT2D eigenvalue weighted by atomic mass is 32.9. The molecule has 1 aliphatic rings. The number of anilines is 1. The molecule has 0 radical (unpaired) electrons. The minimum Gasteiger partial charge on any atom is -0.301 e. The van der Waals surface area contributed by atoms with Crippen LogP contribution in [0.2, 0.25) is 0 Å². The lowest BCUT2D eigenvalue weighted by atomic mass is 9.86. The van der Waals surface area contributed by atoms with Gasteiger partial charge in [0.2, 0.25) is 5.91 Å². The Labute approximate surface area is 164 Å². The summed E-state index contributed by atoms with van der Waals surface area (Å²) in [6.07, 6.45) is 2.22. The van der Waals surface area contributed by atoms with Crippen LogP contribution in [0.5, 0.6) is 0 Å². The Morgan fingerprint density at radius 2 is 2.04 bits per heavy atom. The molecule has 26 heavy (non-hydrogen) atoms. The highest BCUT2D eigenvalue weighted by Gasteiger charge is 2.43. The van der Waals surface area contributed by atoms with Gasteiger partial charge in [0.25, 0.3) is 5.69 Å². The van der Waals surface area contributed by atoms with Gasteiger partial charge in [-0.3, -0.25) is 14.9 Å². The molecule has 0 N–H and O–H groups in total. The Morgan fingerprint density at radius 3 is 2.65 bits per heavy atom. The first-order valence-electron chi connectivity index (χ1n) is 8.46. The molecule has 0 atom stereocenters. The number of hydrogen-bond donors (Lipinski definition) is 0. The molecule has 0 fully saturated rings. The van der Waals surface area contributed by atoms with Gasteiger partial charge in [0.1, 0.15) is 3.82 Å². The van der Waals surface area contributed by atoms with Gasteiger partial charge in [-0.2, -0.15) is 0 Å². The van der Waals surface area contributed by atoms with E-state index < -0.39 is 5.54 Å². The number of nitro benzene ring substituents is 1. The second-order valence-electron chi connectivity index (χ2n) is 6.96. The number of carbonyl (C=O) groups excluding carboxylic acids is 1. The Hall–Kier alpha value is -1.64. The third-order valence-corrected chi connectivity index (χ3v) is 8.09. The number of nitrogens with zero attached hydrogens (tertiary/aromatic N) is 2. The third kappa shape index (κ3) is 2.90. The van der Waals surface area contributed by atoms with E-state index in [4.69, 9.17) is 12.2 Å². The molecular formula is C18H20N2O3S3. The summed E-state index contributed by atoms with van der Waals surface area (Å²) in [4.78, 5) is 26.9. The van der Waals surface area contributed by atoms with Crippen molar-refractivity contribution in [2.24, 2.45) is 0 Å². The van der Waals surface area contributed by atoms with Crippen LogP contribution < -0.4 is 4.90 Å². The Kier molecular flexibility index (Phi) is 5.02. The van der Waals surface area contributed by atoms with Gasteiger partial charge in [-0.25, -0.2) is 0 Å². The largest absolute Gasteiger partial charge is 0.301 e. The third-order valence-electron chi connectivity index (χ3n) is 4.76. The first-order chi connectivity index (χ1) is 12.2. The standard InChI is InChI=1S/C18H20N2O3S3/c1-5-6-7-14(21)19-13-8-10(2)12(20(22)23)9-11(13)15-16(18(19,3)4)25-26-17(15)24/h8-9H,5-7H2,1-4H3. The normalized spacial score (nSPS) is 14.7. The van der Waals surface area contributed by atoms with Gasteiger partial charge in [-0.05, 0) is 33.3 Å². The number of benzene rings is 1. The summed E-state index contributed by atoms with van der Waals surface area (Å²) >= 11 is 5.52. The van der Waals surface area contributed by atoms with Crippen LogP contribution >= 0.6 is 32.9 Å². The molecule has 0 aliphatic carbocycles. The minimum atomic E-state index is -0.534. The van der Waals surface area contributed by atoms with Gasteiger partial charge in [0.15, 0.2) is 0 Å². The van der Waals surface area contributed by atoms with Crippen molar-refractivity contribution in [3.8, 4) is 11.1 Å². The van der Waals surface area contributed by atoms with Gasteiger partial charge < -0.3 is 4.90 Å². The van der Waals surface area contributed by atoms with E-state index in [9.17, 15) is 14.9 Å². The van der Waals surface area contributed by atoms with Crippen LogP contribution in [0, 0.1) is 20.9 Å². The number of aryl methyl sites for hydroxylation is 1. The number of carbonyl (C=O) groups is 1. The predicted octanol–water partition coefficient (Wildman–Crippen LogP) is 6.19. The van der Waals surface area contributed by atoms with E-state index in [1.165, 1.54) is 10.3 Å². The zero-order valence-electron chi connectivity index (χ0n) is 15.1. The van der Waals surface area contributed by atoms with Crippen molar-refractivity contribution in [2.75, 3.05) is 4.90 Å². The zero-order chi connectivity index (χ0) is 19.2. The zero-order valence-corrected chi connectivity index (χ0v) is 17.6. The van der Waals surface area contributed by atoms with Gasteiger partial charge >= 0.3 is 0 Å². The van der Waals surface area contributed by atoms with E-state index in [-0.39, 0.29) is 16.5 Å². The van der Waals surface area contributed by atoms with Crippen molar-refractivity contribution in [3.05, 3.63) is 36.5 Å². The maximum atomic E-state index is 13.1. The maximum Gasteiger partial charge on any atom is 0.273 e. The fourth-order valence-electron chi connectivity index (χ4n) is 3.45. The molecule has 8 heteroatoms. The van der Waals surface area contributed by atoms with Crippen molar-refractivity contribution in [1.29, 1.82) is 0 Å². The second-order valence-corrected chi connectivity index (χ2v) is 9.78. The van der Waals surface area contributed by atoms with Crippen molar-refractivity contribution in [1.82, 2.24) is 0 Å². The molecule has 0 bridgehead atoms. The molecule has 0 spiro atoms. The van der Waals surface area contributed by atoms with E-state index >= 15 is 0 Å². The number of unbranched alkanes of at least 4 members (excludes halogenated alkanes) is 1. The fraction of sp³-hybridized carbons (Fsp3) is 0.444. The molecule has 3 rings (SSSR count). The summed E-state index contributed by atoms with van der Waals surface area (Å²) in [5.74, 6) is 0.0429. The number of nitro groups is 1. The number of hydrogen-bond acceptors (Lipinski definition) is 6. The van der Waals surface area contributed by atoms with Crippen LogP contribution in [0.3, 0.4) is 0 Å². The van der Waals surface area contributed by atoms with Crippen molar-refractivity contribution in [3.63, 3.8) is 0 Å². The highest BCUT2D eigenvalue weighted by molar-refractivity contribution is 7.80. The molecular weight excluding hydrogens is 388 g/mol. The van der Waals surface area contributed by atoms with Crippen LogP contribution in [-0.2, 0) is 10.3 Å². The van der Waals surface area contributed by atoms with Crippen molar-refractivity contribution >= 4 is 50.2 Å². The SMILES string of the molecule is CCCCC(=O)N1c2cc(C)c([N+](=O)[O-])cc2-c2c(ssc2=S)C1(C)C. The first kappa shape index (κ1) is 19.1. The summed E-state index contributed by atoms with van der Waals surface area (Å²) in [7, 11) is 3.04. The van der Waals surface area contributed by atoms with E-state index in [2.05, 4.69) is 6.92 Å². The lowest BCUT2D eigenvalue weighted by molar-refractivity contribution is -0.385. The average Bonchev–Trinajstić information content (AvgIpc) is 2.95. The molecule has 1 aromatic heterocycles. The van der Waals surface area contributed by atoms with Crippen LogP contribution in [0.1, 0.15) is 50.5 Å². The summed E-state index contributed by atoms with van der Waals surface area (Å²) in [5.41, 5.74) is 2.37. The Morgan fingerprint density at radius 1 is 1.35 bits per heavy atom. The number of rotatable bonds is 4. The molecule has 2 aromatic rings. The molecule has 1 aromatic carbocycles. The van der Waals surface area contributed by atoms with Crippen molar-refractivity contribution in [2.45, 2.75) is 52.5 Å². The lowest BCUT2D eigenvalue weighted by Crippen LogP contribution is -2.47. The van der Waals surface area contributed by atoms with Gasteiger partial charge in [-0.15, -0.1) is 0 Å². The molecule has 1 amide bonds. The van der Waals surface area contributed by atoms with Crippen LogP contribution in [0.15, 0.2) is 12.1 Å². The Balaban J connectivity index is 2.31. The quantitative estimate of drug-likeness (QED) is 0.262. The van der Waals surface area contributed by atoms with Gasteiger partial charge in [0.05, 0.1) is 21.0 Å². The molecule has 138 valence electrons. The summed E-state index contributed by atoms with van der Waals surface area (Å²) < 4.78 is 0.720. The second kappa shape index (κ2) is 6.83. The Bertz CT molecular complexity index is 959. The summed E-state index contributed by atoms with van der Waals surface area (Å²) in [6.45, 7) is 7.81. The number of fused-ring (bicyclic) bond motifs is 3. The number of amides is 1. The minimum absolute atomic E-state index is 0.0429. The maximum absolute atomic E-state index is 13.1. The summed E-state index contributed by atoms with van der Waals surface area (Å²) in [6, 6.07) is 3.34. The average molecular weight is 409 g/mol. The van der Waals surface area contributed by atoms with E-state index in [1.54, 1.807) is 29.4 Å². The summed E-state index contributed by atoms with van der Waals surface area (Å²) in [5, 5.41) is 11.4. The van der Waals surface area contributed by atoms with E-state index in [0.29, 0.717) is 17.5 Å². The molecule has 5 nitrogen and oxygen atoms in total. The lowest BCUT2D eigenvalue weighted by Gasteiger charge is -2.43. The van der Waals surface area contributed by atoms with Gasteiger partial charge in [0, 0.05) is 29.2 Å². The van der Waals surface area contributed by atoms with Crippen LogP contribution in [0.4, 0.5) is 11.4 Å². The molecule has 0 saturated heterocycles.